The number of imidazole rings is 1. The molecular weight excluding hydrogens is 336 g/mol. The van der Waals surface area contributed by atoms with Crippen molar-refractivity contribution in [3.63, 3.8) is 0 Å². The summed E-state index contributed by atoms with van der Waals surface area (Å²) in [6.07, 6.45) is 7.30. The fraction of sp³-hybridized carbons (Fsp3) is 0.318. The number of aromatic nitrogens is 3. The highest BCUT2D eigenvalue weighted by Crippen LogP contribution is 2.33. The first-order valence-electron chi connectivity index (χ1n) is 9.56. The van der Waals surface area contributed by atoms with Gasteiger partial charge in [0.05, 0.1) is 17.8 Å². The van der Waals surface area contributed by atoms with Crippen LogP contribution < -0.4 is 0 Å². The molecule has 1 unspecified atom stereocenters. The summed E-state index contributed by atoms with van der Waals surface area (Å²) in [5.74, 6) is 0.900. The number of pyridine rings is 1. The van der Waals surface area contributed by atoms with Crippen molar-refractivity contribution < 1.29 is 4.79 Å². The van der Waals surface area contributed by atoms with Gasteiger partial charge in [-0.15, -0.1) is 0 Å². The second-order valence-corrected chi connectivity index (χ2v) is 6.92. The highest BCUT2D eigenvalue weighted by atomic mass is 16.2. The number of likely N-dealkylation sites (N-methyl/N-ethyl adjacent to an activating group) is 1. The minimum atomic E-state index is -0.169. The Labute approximate surface area is 159 Å². The number of fused-ring (bicyclic) bond motifs is 1. The number of carbonyl (C=O) groups excluding carboxylic acids is 1. The molecule has 3 aromatic rings. The molecule has 1 atom stereocenters. The molecule has 5 heteroatoms. The third-order valence-electron chi connectivity index (χ3n) is 5.26. The van der Waals surface area contributed by atoms with Gasteiger partial charge in [-0.3, -0.25) is 9.78 Å². The summed E-state index contributed by atoms with van der Waals surface area (Å²) in [5.41, 5.74) is 3.35. The number of hydrogen-bond acceptors (Lipinski definition) is 3. The molecule has 0 fully saturated rings. The van der Waals surface area contributed by atoms with E-state index < -0.39 is 0 Å². The van der Waals surface area contributed by atoms with Gasteiger partial charge in [0.2, 0.25) is 5.91 Å². The van der Waals surface area contributed by atoms with Crippen LogP contribution in [0.5, 0.6) is 0 Å². The molecule has 3 heterocycles. The van der Waals surface area contributed by atoms with Crippen molar-refractivity contribution in [2.75, 3.05) is 6.54 Å². The van der Waals surface area contributed by atoms with E-state index in [2.05, 4.69) is 26.7 Å². The topological polar surface area (TPSA) is 51.0 Å². The molecule has 2 aromatic heterocycles. The smallest absolute Gasteiger partial charge is 0.233 e. The predicted octanol–water partition coefficient (Wildman–Crippen LogP) is 3.87. The van der Waals surface area contributed by atoms with Crippen LogP contribution in [-0.4, -0.2) is 31.9 Å². The Bertz CT molecular complexity index is 905. The maximum Gasteiger partial charge on any atom is 0.233 e. The first-order valence-corrected chi connectivity index (χ1v) is 9.56. The first kappa shape index (κ1) is 17.5. The van der Waals surface area contributed by atoms with Crippen molar-refractivity contribution in [2.45, 2.75) is 38.8 Å². The van der Waals surface area contributed by atoms with E-state index >= 15 is 0 Å². The van der Waals surface area contributed by atoms with Crippen LogP contribution in [0.15, 0.2) is 61.1 Å². The van der Waals surface area contributed by atoms with Crippen LogP contribution in [-0.2, 0) is 17.9 Å². The summed E-state index contributed by atoms with van der Waals surface area (Å²) in [6, 6.07) is 14.2. The summed E-state index contributed by atoms with van der Waals surface area (Å²) in [6.45, 7) is 4.24. The normalized spacial score (nSPS) is 16.0. The average Bonchev–Trinajstić information content (AvgIpc) is 3.17. The Morgan fingerprint density at radius 3 is 2.70 bits per heavy atom. The monoisotopic (exact) mass is 360 g/mol. The lowest BCUT2D eigenvalue weighted by molar-refractivity contribution is -0.134. The molecule has 1 aromatic carbocycles. The van der Waals surface area contributed by atoms with E-state index in [1.165, 1.54) is 0 Å². The van der Waals surface area contributed by atoms with Crippen LogP contribution in [0.4, 0.5) is 0 Å². The molecule has 0 saturated heterocycles. The fourth-order valence-corrected chi connectivity index (χ4v) is 3.83. The van der Waals surface area contributed by atoms with Gasteiger partial charge in [0, 0.05) is 32.0 Å². The molecular formula is C22H24N4O. The summed E-state index contributed by atoms with van der Waals surface area (Å²) in [4.78, 5) is 23.9. The quantitative estimate of drug-likeness (QED) is 0.694. The molecule has 138 valence electrons. The minimum Gasteiger partial charge on any atom is -0.338 e. The molecule has 0 aliphatic carbocycles. The van der Waals surface area contributed by atoms with Crippen molar-refractivity contribution in [1.82, 2.24) is 19.4 Å². The van der Waals surface area contributed by atoms with Crippen LogP contribution in [0.1, 0.15) is 37.1 Å². The molecule has 0 saturated carbocycles. The third kappa shape index (κ3) is 3.50. The molecule has 0 spiro atoms. The number of amides is 1. The molecule has 1 aliphatic rings. The van der Waals surface area contributed by atoms with Gasteiger partial charge >= 0.3 is 0 Å². The maximum atomic E-state index is 13.3. The highest BCUT2D eigenvalue weighted by Gasteiger charge is 2.32. The Morgan fingerprint density at radius 1 is 1.19 bits per heavy atom. The van der Waals surface area contributed by atoms with Crippen LogP contribution in [0.25, 0.3) is 11.3 Å². The molecule has 1 aliphatic heterocycles. The Kier molecular flexibility index (Phi) is 5.01. The molecule has 0 bridgehead atoms. The van der Waals surface area contributed by atoms with E-state index in [0.717, 1.165) is 42.0 Å². The minimum absolute atomic E-state index is 0.167. The summed E-state index contributed by atoms with van der Waals surface area (Å²) in [7, 11) is 0. The van der Waals surface area contributed by atoms with Gasteiger partial charge < -0.3 is 9.47 Å². The van der Waals surface area contributed by atoms with E-state index in [-0.39, 0.29) is 11.8 Å². The zero-order valence-corrected chi connectivity index (χ0v) is 15.6. The van der Waals surface area contributed by atoms with E-state index in [9.17, 15) is 4.79 Å². The lowest BCUT2D eigenvalue weighted by Crippen LogP contribution is -2.37. The first-order chi connectivity index (χ1) is 13.3. The second-order valence-electron chi connectivity index (χ2n) is 6.92. The predicted molar refractivity (Wildman–Crippen MR) is 105 cm³/mol. The van der Waals surface area contributed by atoms with Gasteiger partial charge in [0.25, 0.3) is 0 Å². The second kappa shape index (κ2) is 7.74. The lowest BCUT2D eigenvalue weighted by Gasteiger charge is -2.29. The largest absolute Gasteiger partial charge is 0.338 e. The highest BCUT2D eigenvalue weighted by molar-refractivity contribution is 5.83. The van der Waals surface area contributed by atoms with Gasteiger partial charge in [-0.1, -0.05) is 30.3 Å². The van der Waals surface area contributed by atoms with E-state index in [1.54, 1.807) is 12.4 Å². The van der Waals surface area contributed by atoms with Crippen molar-refractivity contribution >= 4 is 5.91 Å². The molecule has 0 radical (unpaired) electrons. The zero-order valence-electron chi connectivity index (χ0n) is 15.6. The van der Waals surface area contributed by atoms with Gasteiger partial charge in [-0.05, 0) is 43.0 Å². The maximum absolute atomic E-state index is 13.3. The molecule has 4 rings (SSSR count). The summed E-state index contributed by atoms with van der Waals surface area (Å²) in [5, 5.41) is 0. The molecule has 5 nitrogen and oxygen atoms in total. The molecule has 27 heavy (non-hydrogen) atoms. The van der Waals surface area contributed by atoms with Gasteiger partial charge in [0.15, 0.2) is 0 Å². The number of rotatable bonds is 5. The lowest BCUT2D eigenvalue weighted by atomic mass is 9.96. The Hall–Kier alpha value is -2.95. The van der Waals surface area contributed by atoms with Crippen molar-refractivity contribution in [2.24, 2.45) is 0 Å². The van der Waals surface area contributed by atoms with E-state index in [1.807, 2.05) is 48.4 Å². The number of nitrogens with zero attached hydrogens (tertiary/aromatic N) is 4. The van der Waals surface area contributed by atoms with Gasteiger partial charge in [-0.25, -0.2) is 4.98 Å². The summed E-state index contributed by atoms with van der Waals surface area (Å²) < 4.78 is 2.22. The molecule has 0 N–H and O–H groups in total. The Morgan fingerprint density at radius 2 is 1.96 bits per heavy atom. The van der Waals surface area contributed by atoms with E-state index in [0.29, 0.717) is 13.1 Å². The summed E-state index contributed by atoms with van der Waals surface area (Å²) >= 11 is 0. The van der Waals surface area contributed by atoms with Crippen molar-refractivity contribution in [3.8, 4) is 11.3 Å². The molecule has 1 amide bonds. The van der Waals surface area contributed by atoms with Crippen LogP contribution in [0.3, 0.4) is 0 Å². The van der Waals surface area contributed by atoms with Crippen LogP contribution in [0, 0.1) is 0 Å². The zero-order chi connectivity index (χ0) is 18.6. The standard InChI is InChI=1S/C22H24N4O/c1-2-25(16-17-10-12-23-13-11-17)22(27)19-9-6-14-26-20(15-24-21(19)26)18-7-4-3-5-8-18/h3-5,7-8,10-13,15,19H,2,6,9,14,16H2,1H3. The van der Waals surface area contributed by atoms with Crippen LogP contribution >= 0.6 is 0 Å². The SMILES string of the molecule is CCN(Cc1ccncc1)C(=O)C1CCCn2c(-c3ccccc3)cnc21. The fourth-order valence-electron chi connectivity index (χ4n) is 3.83. The van der Waals surface area contributed by atoms with Gasteiger partial charge in [-0.2, -0.15) is 0 Å². The van der Waals surface area contributed by atoms with Crippen molar-refractivity contribution in [1.29, 1.82) is 0 Å². The number of carbonyl (C=O) groups is 1. The van der Waals surface area contributed by atoms with Crippen LogP contribution in [0.2, 0.25) is 0 Å². The number of benzene rings is 1. The third-order valence-corrected chi connectivity index (χ3v) is 5.26. The van der Waals surface area contributed by atoms with Crippen molar-refractivity contribution in [3.05, 3.63) is 72.4 Å². The number of hydrogen-bond donors (Lipinski definition) is 0. The van der Waals surface area contributed by atoms with Gasteiger partial charge in [0.1, 0.15) is 5.82 Å². The average molecular weight is 360 g/mol. The van der Waals surface area contributed by atoms with E-state index in [4.69, 9.17) is 0 Å². The Balaban J connectivity index is 1.60.